The number of amides is 1. The lowest BCUT2D eigenvalue weighted by Gasteiger charge is -2.28. The van der Waals surface area contributed by atoms with Crippen LogP contribution in [0.4, 0.5) is 0 Å². The van der Waals surface area contributed by atoms with Crippen LogP contribution in [-0.4, -0.2) is 34.5 Å². The topological polar surface area (TPSA) is 57.6 Å². The van der Waals surface area contributed by atoms with Gasteiger partial charge in [0, 0.05) is 12.6 Å². The highest BCUT2D eigenvalue weighted by Gasteiger charge is 2.42. The quantitative estimate of drug-likeness (QED) is 0.804. The van der Waals surface area contributed by atoms with Gasteiger partial charge in [-0.3, -0.25) is 9.59 Å². The first-order valence-electron chi connectivity index (χ1n) is 7.54. The molecule has 0 saturated heterocycles. The zero-order valence-electron chi connectivity index (χ0n) is 12.0. The van der Waals surface area contributed by atoms with Gasteiger partial charge in [0.2, 0.25) is 5.91 Å². The summed E-state index contributed by atoms with van der Waals surface area (Å²) in [5, 5.41) is 9.22. The first kappa shape index (κ1) is 14.4. The van der Waals surface area contributed by atoms with Crippen molar-refractivity contribution >= 4 is 11.9 Å². The number of rotatable bonds is 6. The fraction of sp³-hybridized carbons (Fsp3) is 0.867. The summed E-state index contributed by atoms with van der Waals surface area (Å²) in [5.41, 5.74) is 0. The van der Waals surface area contributed by atoms with Crippen molar-refractivity contribution in [2.45, 2.75) is 58.4 Å². The number of hydrogen-bond donors (Lipinski definition) is 1. The second-order valence-corrected chi connectivity index (χ2v) is 6.43. The lowest BCUT2D eigenvalue weighted by Crippen LogP contribution is -2.41. The van der Waals surface area contributed by atoms with Gasteiger partial charge < -0.3 is 10.0 Å². The van der Waals surface area contributed by atoms with Crippen molar-refractivity contribution in [3.8, 4) is 0 Å². The molecule has 2 fully saturated rings. The van der Waals surface area contributed by atoms with E-state index < -0.39 is 11.9 Å². The molecule has 2 saturated carbocycles. The molecule has 19 heavy (non-hydrogen) atoms. The van der Waals surface area contributed by atoms with Crippen LogP contribution in [0, 0.1) is 17.8 Å². The normalized spacial score (nSPS) is 26.7. The Balaban J connectivity index is 2.00. The zero-order valence-corrected chi connectivity index (χ0v) is 12.0. The number of carbonyl (C=O) groups excluding carboxylic acids is 1. The van der Waals surface area contributed by atoms with Crippen LogP contribution in [-0.2, 0) is 9.59 Å². The Morgan fingerprint density at radius 2 is 1.79 bits per heavy atom. The Kier molecular flexibility index (Phi) is 4.48. The van der Waals surface area contributed by atoms with Gasteiger partial charge in [0.1, 0.15) is 0 Å². The van der Waals surface area contributed by atoms with E-state index >= 15 is 0 Å². The van der Waals surface area contributed by atoms with Crippen molar-refractivity contribution in [2.24, 2.45) is 17.8 Å². The van der Waals surface area contributed by atoms with Crippen LogP contribution in [0.1, 0.15) is 52.4 Å². The molecule has 1 amide bonds. The highest BCUT2D eigenvalue weighted by Crippen LogP contribution is 2.36. The minimum Gasteiger partial charge on any atom is -0.481 e. The molecule has 2 unspecified atom stereocenters. The average molecular weight is 267 g/mol. The highest BCUT2D eigenvalue weighted by atomic mass is 16.4. The average Bonchev–Trinajstić information content (AvgIpc) is 3.04. The molecule has 0 radical (unpaired) electrons. The standard InChI is InChI=1S/C15H25NO3/c1-10(2)8-9-16(11-6-7-11)14(17)12-4-3-5-13(12)15(18)19/h10-13H,3-9H2,1-2H3,(H,18,19). The fourth-order valence-corrected chi connectivity index (χ4v) is 3.02. The van der Waals surface area contributed by atoms with Crippen molar-refractivity contribution in [3.05, 3.63) is 0 Å². The van der Waals surface area contributed by atoms with E-state index in [-0.39, 0.29) is 11.8 Å². The number of carbonyl (C=O) groups is 2. The van der Waals surface area contributed by atoms with E-state index in [9.17, 15) is 14.7 Å². The van der Waals surface area contributed by atoms with Gasteiger partial charge in [-0.15, -0.1) is 0 Å². The molecule has 0 bridgehead atoms. The lowest BCUT2D eigenvalue weighted by atomic mass is 9.94. The van der Waals surface area contributed by atoms with Gasteiger partial charge in [0.25, 0.3) is 0 Å². The van der Waals surface area contributed by atoms with E-state index in [1.165, 1.54) is 0 Å². The van der Waals surface area contributed by atoms with Crippen molar-refractivity contribution in [2.75, 3.05) is 6.54 Å². The Labute approximate surface area is 115 Å². The Bertz CT molecular complexity index is 349. The first-order chi connectivity index (χ1) is 9.00. The maximum absolute atomic E-state index is 12.6. The number of nitrogens with zero attached hydrogens (tertiary/aromatic N) is 1. The van der Waals surface area contributed by atoms with Crippen LogP contribution in [0.15, 0.2) is 0 Å². The van der Waals surface area contributed by atoms with E-state index in [1.54, 1.807) is 0 Å². The summed E-state index contributed by atoms with van der Waals surface area (Å²) in [4.78, 5) is 25.8. The molecule has 0 aliphatic heterocycles. The monoisotopic (exact) mass is 267 g/mol. The number of aliphatic carboxylic acids is 1. The molecule has 2 aliphatic rings. The highest BCUT2D eigenvalue weighted by molar-refractivity contribution is 5.85. The molecule has 4 nitrogen and oxygen atoms in total. The number of hydrogen-bond acceptors (Lipinski definition) is 2. The molecule has 1 N–H and O–H groups in total. The van der Waals surface area contributed by atoms with E-state index in [2.05, 4.69) is 13.8 Å². The van der Waals surface area contributed by atoms with Gasteiger partial charge in [-0.25, -0.2) is 0 Å². The Morgan fingerprint density at radius 3 is 2.32 bits per heavy atom. The van der Waals surface area contributed by atoms with Crippen LogP contribution in [0.2, 0.25) is 0 Å². The summed E-state index contributed by atoms with van der Waals surface area (Å²) < 4.78 is 0. The van der Waals surface area contributed by atoms with E-state index in [0.29, 0.717) is 18.4 Å². The molecule has 0 spiro atoms. The van der Waals surface area contributed by atoms with Gasteiger partial charge in [0.05, 0.1) is 11.8 Å². The third-order valence-corrected chi connectivity index (χ3v) is 4.37. The molecule has 108 valence electrons. The molecule has 2 rings (SSSR count). The molecule has 0 aromatic rings. The van der Waals surface area contributed by atoms with Gasteiger partial charge in [-0.2, -0.15) is 0 Å². The van der Waals surface area contributed by atoms with Crippen molar-refractivity contribution in [3.63, 3.8) is 0 Å². The Morgan fingerprint density at radius 1 is 1.16 bits per heavy atom. The SMILES string of the molecule is CC(C)CCN(C(=O)C1CCCC1C(=O)O)C1CC1. The largest absolute Gasteiger partial charge is 0.481 e. The molecule has 2 atom stereocenters. The summed E-state index contributed by atoms with van der Waals surface area (Å²) in [6, 6.07) is 0.390. The predicted octanol–water partition coefficient (Wildman–Crippen LogP) is 2.52. The zero-order chi connectivity index (χ0) is 14.0. The summed E-state index contributed by atoms with van der Waals surface area (Å²) >= 11 is 0. The van der Waals surface area contributed by atoms with Gasteiger partial charge in [-0.1, -0.05) is 20.3 Å². The van der Waals surface area contributed by atoms with Crippen molar-refractivity contribution < 1.29 is 14.7 Å². The third-order valence-electron chi connectivity index (χ3n) is 4.37. The summed E-state index contributed by atoms with van der Waals surface area (Å²) in [6.07, 6.45) is 5.47. The van der Waals surface area contributed by atoms with E-state index in [0.717, 1.165) is 38.6 Å². The molecule has 0 aromatic heterocycles. The summed E-state index contributed by atoms with van der Waals surface area (Å²) in [5.74, 6) is -0.838. The summed E-state index contributed by atoms with van der Waals surface area (Å²) in [6.45, 7) is 5.11. The van der Waals surface area contributed by atoms with E-state index in [4.69, 9.17) is 0 Å². The van der Waals surface area contributed by atoms with E-state index in [1.807, 2.05) is 4.90 Å². The predicted molar refractivity (Wildman–Crippen MR) is 72.7 cm³/mol. The van der Waals surface area contributed by atoms with Crippen LogP contribution in [0.3, 0.4) is 0 Å². The minimum absolute atomic E-state index is 0.105. The first-order valence-corrected chi connectivity index (χ1v) is 7.54. The second-order valence-electron chi connectivity index (χ2n) is 6.43. The van der Waals surface area contributed by atoms with Gasteiger partial charge >= 0.3 is 5.97 Å². The fourth-order valence-electron chi connectivity index (χ4n) is 3.02. The second kappa shape index (κ2) is 5.93. The van der Waals surface area contributed by atoms with Crippen molar-refractivity contribution in [1.29, 1.82) is 0 Å². The smallest absolute Gasteiger partial charge is 0.307 e. The van der Waals surface area contributed by atoms with Crippen LogP contribution in [0.25, 0.3) is 0 Å². The molecule has 0 heterocycles. The van der Waals surface area contributed by atoms with Gasteiger partial charge in [-0.05, 0) is 38.0 Å². The molecular formula is C15H25NO3. The molecule has 0 aromatic carbocycles. The van der Waals surface area contributed by atoms with Crippen molar-refractivity contribution in [1.82, 2.24) is 4.90 Å². The summed E-state index contributed by atoms with van der Waals surface area (Å²) in [7, 11) is 0. The number of carboxylic acid groups (broad SMARTS) is 1. The maximum atomic E-state index is 12.6. The minimum atomic E-state index is -0.796. The van der Waals surface area contributed by atoms with Gasteiger partial charge in [0.15, 0.2) is 0 Å². The molecule has 4 heteroatoms. The number of carboxylic acids is 1. The molecule has 2 aliphatic carbocycles. The van der Waals surface area contributed by atoms with Crippen LogP contribution < -0.4 is 0 Å². The van der Waals surface area contributed by atoms with Crippen LogP contribution >= 0.6 is 0 Å². The Hall–Kier alpha value is -1.06. The molecular weight excluding hydrogens is 242 g/mol. The van der Waals surface area contributed by atoms with Crippen LogP contribution in [0.5, 0.6) is 0 Å². The maximum Gasteiger partial charge on any atom is 0.307 e. The third kappa shape index (κ3) is 3.48. The lowest BCUT2D eigenvalue weighted by molar-refractivity contribution is -0.149.